The molecule has 0 atom stereocenters. The van der Waals surface area contributed by atoms with Crippen LogP contribution in [0.25, 0.3) is 10.1 Å². The number of piperazine rings is 1. The van der Waals surface area contributed by atoms with Gasteiger partial charge in [0.1, 0.15) is 9.88 Å². The van der Waals surface area contributed by atoms with E-state index in [1.807, 2.05) is 11.8 Å². The number of carbonyl (C=O) groups is 2. The van der Waals surface area contributed by atoms with Crippen molar-refractivity contribution in [2.45, 2.75) is 6.92 Å². The van der Waals surface area contributed by atoms with Crippen molar-refractivity contribution < 1.29 is 19.2 Å². The standard InChI is InChI=1S/C21H19ClN4O5S3/c1-11-9-14(20(28)31-2)18(33-11)23-21(32)25-7-5-24(6-8-25)19(27)17-16(22)13-4-3-12(26(29)30)10-15(13)34-17/h3-4,9-10H,5-8H2,1-2H3,(H,23,32). The highest BCUT2D eigenvalue weighted by Gasteiger charge is 2.28. The monoisotopic (exact) mass is 538 g/mol. The second-order valence-corrected chi connectivity index (χ2v) is 10.6. The van der Waals surface area contributed by atoms with Crippen LogP contribution in [-0.4, -0.2) is 65.0 Å². The van der Waals surface area contributed by atoms with E-state index >= 15 is 0 Å². The molecule has 1 amide bonds. The highest BCUT2D eigenvalue weighted by atomic mass is 35.5. The first-order chi connectivity index (χ1) is 16.2. The second-order valence-electron chi connectivity index (χ2n) is 7.48. The summed E-state index contributed by atoms with van der Waals surface area (Å²) in [5.74, 6) is -0.648. The molecule has 2 aromatic heterocycles. The Morgan fingerprint density at radius 2 is 1.85 bits per heavy atom. The molecule has 13 heteroatoms. The molecule has 1 aromatic carbocycles. The van der Waals surface area contributed by atoms with Gasteiger partial charge in [0.15, 0.2) is 5.11 Å². The fourth-order valence-corrected chi connectivity index (χ4v) is 6.37. The second kappa shape index (κ2) is 9.82. The summed E-state index contributed by atoms with van der Waals surface area (Å²) in [7, 11) is 1.33. The largest absolute Gasteiger partial charge is 0.465 e. The van der Waals surface area contributed by atoms with Gasteiger partial charge in [0.2, 0.25) is 0 Å². The van der Waals surface area contributed by atoms with Crippen molar-refractivity contribution >= 4 is 84.3 Å². The molecule has 9 nitrogen and oxygen atoms in total. The molecule has 0 spiro atoms. The summed E-state index contributed by atoms with van der Waals surface area (Å²) in [6.07, 6.45) is 0. The van der Waals surface area contributed by atoms with E-state index in [1.165, 1.54) is 30.6 Å². The summed E-state index contributed by atoms with van der Waals surface area (Å²) >= 11 is 14.5. The number of esters is 1. The van der Waals surface area contributed by atoms with E-state index in [0.717, 1.165) is 16.2 Å². The minimum atomic E-state index is -0.476. The predicted molar refractivity (Wildman–Crippen MR) is 138 cm³/mol. The summed E-state index contributed by atoms with van der Waals surface area (Å²) in [6.45, 7) is 3.76. The molecule has 1 saturated heterocycles. The van der Waals surface area contributed by atoms with Crippen LogP contribution in [0.5, 0.6) is 0 Å². The number of fused-ring (bicyclic) bond motifs is 1. The Kier molecular flexibility index (Phi) is 7.03. The van der Waals surface area contributed by atoms with Crippen molar-refractivity contribution in [3.05, 3.63) is 54.7 Å². The van der Waals surface area contributed by atoms with Gasteiger partial charge >= 0.3 is 5.97 Å². The number of anilines is 1. The van der Waals surface area contributed by atoms with Gasteiger partial charge in [0, 0.05) is 53.3 Å². The molecule has 0 aliphatic carbocycles. The molecule has 1 N–H and O–H groups in total. The molecule has 178 valence electrons. The number of amides is 1. The summed E-state index contributed by atoms with van der Waals surface area (Å²) in [5.41, 5.74) is 0.385. The molecule has 0 unspecified atom stereocenters. The quantitative estimate of drug-likeness (QED) is 0.219. The number of carbonyl (C=O) groups excluding carboxylic acids is 2. The summed E-state index contributed by atoms with van der Waals surface area (Å²) in [6, 6.07) is 6.13. The first kappa shape index (κ1) is 24.3. The normalized spacial score (nSPS) is 13.7. The predicted octanol–water partition coefficient (Wildman–Crippen LogP) is 4.77. The summed E-state index contributed by atoms with van der Waals surface area (Å²) in [5, 5.41) is 16.2. The number of nitrogens with one attached hydrogen (secondary N) is 1. The molecule has 0 saturated carbocycles. The highest BCUT2D eigenvalue weighted by molar-refractivity contribution is 7.80. The number of nitro groups is 1. The third kappa shape index (κ3) is 4.71. The number of thiocarbonyl (C=S) groups is 1. The Labute approximate surface area is 213 Å². The van der Waals surface area contributed by atoms with Crippen LogP contribution in [0.2, 0.25) is 5.02 Å². The lowest BCUT2D eigenvalue weighted by Crippen LogP contribution is -2.51. The number of benzene rings is 1. The number of thiophene rings is 2. The number of methoxy groups -OCH3 is 1. The number of hydrogen-bond donors (Lipinski definition) is 1. The van der Waals surface area contributed by atoms with E-state index in [0.29, 0.717) is 61.8 Å². The fraction of sp³-hybridized carbons (Fsp3) is 0.286. The zero-order chi connectivity index (χ0) is 24.6. The van der Waals surface area contributed by atoms with Crippen LogP contribution in [0.15, 0.2) is 24.3 Å². The molecule has 0 bridgehead atoms. The highest BCUT2D eigenvalue weighted by Crippen LogP contribution is 2.38. The van der Waals surface area contributed by atoms with Crippen molar-refractivity contribution in [1.29, 1.82) is 0 Å². The summed E-state index contributed by atoms with van der Waals surface area (Å²) < 4.78 is 5.43. The van der Waals surface area contributed by atoms with Gasteiger partial charge in [-0.3, -0.25) is 14.9 Å². The molecular weight excluding hydrogens is 520 g/mol. The molecule has 0 radical (unpaired) electrons. The van der Waals surface area contributed by atoms with E-state index in [9.17, 15) is 19.7 Å². The SMILES string of the molecule is COC(=O)c1cc(C)sc1NC(=S)N1CCN(C(=O)c2sc3cc([N+](=O)[O-])ccc3c2Cl)CC1. The third-order valence-electron chi connectivity index (χ3n) is 5.35. The third-order valence-corrected chi connectivity index (χ3v) is 8.32. The van der Waals surface area contributed by atoms with Crippen LogP contribution in [-0.2, 0) is 4.74 Å². The van der Waals surface area contributed by atoms with E-state index < -0.39 is 10.9 Å². The minimum Gasteiger partial charge on any atom is -0.465 e. The number of aryl methyl sites for hydroxylation is 1. The van der Waals surface area contributed by atoms with E-state index in [2.05, 4.69) is 5.32 Å². The van der Waals surface area contributed by atoms with E-state index in [1.54, 1.807) is 17.0 Å². The van der Waals surface area contributed by atoms with Crippen molar-refractivity contribution in [2.24, 2.45) is 0 Å². The van der Waals surface area contributed by atoms with E-state index in [-0.39, 0.29) is 11.6 Å². The van der Waals surface area contributed by atoms with Gasteiger partial charge in [-0.25, -0.2) is 4.79 Å². The maximum atomic E-state index is 13.1. The van der Waals surface area contributed by atoms with Gasteiger partial charge in [-0.1, -0.05) is 11.6 Å². The van der Waals surface area contributed by atoms with Crippen LogP contribution >= 0.6 is 46.5 Å². The van der Waals surface area contributed by atoms with Crippen molar-refractivity contribution in [3.8, 4) is 0 Å². The van der Waals surface area contributed by atoms with E-state index in [4.69, 9.17) is 28.6 Å². The number of non-ortho nitro benzene ring substituents is 1. The first-order valence-electron chi connectivity index (χ1n) is 10.1. The molecular formula is C21H19ClN4O5S3. The number of ether oxygens (including phenoxy) is 1. The topological polar surface area (TPSA) is 105 Å². The number of halogens is 1. The molecule has 1 fully saturated rings. The lowest BCUT2D eigenvalue weighted by molar-refractivity contribution is -0.384. The van der Waals surface area contributed by atoms with Gasteiger partial charge in [-0.05, 0) is 31.3 Å². The zero-order valence-corrected chi connectivity index (χ0v) is 21.3. The van der Waals surface area contributed by atoms with Gasteiger partial charge in [0.25, 0.3) is 11.6 Å². The van der Waals surface area contributed by atoms with Crippen LogP contribution in [0, 0.1) is 17.0 Å². The fourth-order valence-electron chi connectivity index (χ4n) is 3.61. The van der Waals surface area contributed by atoms with Crippen LogP contribution in [0.4, 0.5) is 10.7 Å². The van der Waals surface area contributed by atoms with Gasteiger partial charge in [-0.2, -0.15) is 0 Å². The van der Waals surface area contributed by atoms with Gasteiger partial charge in [0.05, 0.1) is 22.6 Å². The number of hydrogen-bond acceptors (Lipinski definition) is 8. The molecule has 34 heavy (non-hydrogen) atoms. The zero-order valence-electron chi connectivity index (χ0n) is 18.1. The maximum absolute atomic E-state index is 13.1. The van der Waals surface area contributed by atoms with Crippen LogP contribution in [0.1, 0.15) is 24.9 Å². The maximum Gasteiger partial charge on any atom is 0.340 e. The lowest BCUT2D eigenvalue weighted by atomic mass is 10.2. The van der Waals surface area contributed by atoms with Gasteiger partial charge < -0.3 is 19.9 Å². The Morgan fingerprint density at radius 3 is 2.50 bits per heavy atom. The molecule has 1 aliphatic rings. The first-order valence-corrected chi connectivity index (χ1v) is 12.5. The summed E-state index contributed by atoms with van der Waals surface area (Å²) in [4.78, 5) is 40.7. The molecule has 4 rings (SSSR count). The Morgan fingerprint density at radius 1 is 1.18 bits per heavy atom. The average Bonchev–Trinajstić information content (AvgIpc) is 3.36. The lowest BCUT2D eigenvalue weighted by Gasteiger charge is -2.36. The average molecular weight is 539 g/mol. The molecule has 1 aliphatic heterocycles. The molecule has 3 aromatic rings. The van der Waals surface area contributed by atoms with Crippen LogP contribution in [0.3, 0.4) is 0 Å². The van der Waals surface area contributed by atoms with Gasteiger partial charge in [-0.15, -0.1) is 22.7 Å². The molecule has 3 heterocycles. The van der Waals surface area contributed by atoms with Crippen molar-refractivity contribution in [3.63, 3.8) is 0 Å². The smallest absolute Gasteiger partial charge is 0.340 e. The Hall–Kier alpha value is -2.80. The van der Waals surface area contributed by atoms with Crippen molar-refractivity contribution in [2.75, 3.05) is 38.6 Å². The minimum absolute atomic E-state index is 0.0460. The Balaban J connectivity index is 1.42. The number of rotatable bonds is 4. The number of nitro benzene ring substituents is 1. The van der Waals surface area contributed by atoms with Crippen molar-refractivity contribution in [1.82, 2.24) is 9.80 Å². The van der Waals surface area contributed by atoms with Crippen LogP contribution < -0.4 is 5.32 Å². The Bertz CT molecular complexity index is 1310. The number of nitrogens with zero attached hydrogens (tertiary/aromatic N) is 3.